The number of benzene rings is 1. The van der Waals surface area contributed by atoms with Gasteiger partial charge in [-0.15, -0.1) is 0 Å². The van der Waals surface area contributed by atoms with Crippen molar-refractivity contribution in [2.45, 2.75) is 25.2 Å². The van der Waals surface area contributed by atoms with Gasteiger partial charge in [-0.1, -0.05) is 23.7 Å². The molecule has 2 fully saturated rings. The van der Waals surface area contributed by atoms with Gasteiger partial charge in [0.15, 0.2) is 0 Å². The van der Waals surface area contributed by atoms with Crippen LogP contribution in [0, 0.1) is 17.8 Å². The third-order valence-corrected chi connectivity index (χ3v) is 4.71. The zero-order chi connectivity index (χ0) is 12.0. The van der Waals surface area contributed by atoms with Crippen molar-refractivity contribution < 1.29 is 9.90 Å². The minimum absolute atomic E-state index is 0.185. The second-order valence-corrected chi connectivity index (χ2v) is 5.71. The molecule has 0 heterocycles. The van der Waals surface area contributed by atoms with Crippen molar-refractivity contribution in [2.75, 3.05) is 0 Å². The third kappa shape index (κ3) is 1.75. The van der Waals surface area contributed by atoms with Crippen LogP contribution >= 0.6 is 11.6 Å². The van der Waals surface area contributed by atoms with Crippen LogP contribution in [0.4, 0.5) is 0 Å². The number of carboxylic acid groups (broad SMARTS) is 1. The Balaban J connectivity index is 1.95. The van der Waals surface area contributed by atoms with E-state index in [0.717, 1.165) is 18.4 Å². The first-order valence-corrected chi connectivity index (χ1v) is 6.53. The predicted octanol–water partition coefficient (Wildman–Crippen LogP) is 3.55. The van der Waals surface area contributed by atoms with Crippen molar-refractivity contribution in [1.29, 1.82) is 0 Å². The largest absolute Gasteiger partial charge is 0.481 e. The molecule has 2 aliphatic rings. The fourth-order valence-electron chi connectivity index (χ4n) is 3.81. The van der Waals surface area contributed by atoms with Gasteiger partial charge in [-0.05, 0) is 48.8 Å². The molecule has 0 saturated heterocycles. The lowest BCUT2D eigenvalue weighted by Crippen LogP contribution is -2.27. The summed E-state index contributed by atoms with van der Waals surface area (Å²) in [6.07, 6.45) is 3.36. The SMILES string of the molecule is O=C(O)[C@H]1[C@@H]2CC[C@@H](C2)[C@H]1c1ccc(Cl)cc1. The quantitative estimate of drug-likeness (QED) is 0.872. The molecule has 4 atom stereocenters. The smallest absolute Gasteiger partial charge is 0.307 e. The average Bonchev–Trinajstić information content (AvgIpc) is 2.89. The average molecular weight is 251 g/mol. The highest BCUT2D eigenvalue weighted by atomic mass is 35.5. The molecule has 1 aromatic rings. The second kappa shape index (κ2) is 4.02. The van der Waals surface area contributed by atoms with Crippen LogP contribution in [0.15, 0.2) is 24.3 Å². The van der Waals surface area contributed by atoms with Crippen LogP contribution in [0.3, 0.4) is 0 Å². The summed E-state index contributed by atoms with van der Waals surface area (Å²) in [5, 5.41) is 10.1. The van der Waals surface area contributed by atoms with Crippen LogP contribution in [0.25, 0.3) is 0 Å². The first-order valence-electron chi connectivity index (χ1n) is 6.15. The summed E-state index contributed by atoms with van der Waals surface area (Å²) in [6, 6.07) is 7.71. The van der Waals surface area contributed by atoms with Crippen molar-refractivity contribution in [3.8, 4) is 0 Å². The number of carboxylic acids is 1. The van der Waals surface area contributed by atoms with E-state index in [2.05, 4.69) is 0 Å². The molecule has 2 aliphatic carbocycles. The summed E-state index contributed by atoms with van der Waals surface area (Å²) >= 11 is 5.88. The van der Waals surface area contributed by atoms with Crippen LogP contribution in [0.2, 0.25) is 5.02 Å². The first-order chi connectivity index (χ1) is 8.16. The molecule has 0 radical (unpaired) electrons. The molecular formula is C14H15ClO2. The molecule has 90 valence electrons. The molecular weight excluding hydrogens is 236 g/mol. The Hall–Kier alpha value is -1.02. The zero-order valence-corrected chi connectivity index (χ0v) is 10.2. The maximum atomic E-state index is 11.4. The van der Waals surface area contributed by atoms with E-state index in [-0.39, 0.29) is 11.8 Å². The Morgan fingerprint density at radius 2 is 1.82 bits per heavy atom. The molecule has 0 amide bonds. The second-order valence-electron chi connectivity index (χ2n) is 5.27. The van der Waals surface area contributed by atoms with Gasteiger partial charge in [0.05, 0.1) is 5.92 Å². The van der Waals surface area contributed by atoms with Gasteiger partial charge in [-0.25, -0.2) is 0 Å². The lowest BCUT2D eigenvalue weighted by molar-refractivity contribution is -0.144. The first kappa shape index (κ1) is 11.1. The normalized spacial score (nSPS) is 35.1. The molecule has 3 rings (SSSR count). The van der Waals surface area contributed by atoms with E-state index in [9.17, 15) is 9.90 Å². The number of hydrogen-bond acceptors (Lipinski definition) is 1. The molecule has 0 spiro atoms. The highest BCUT2D eigenvalue weighted by Gasteiger charge is 2.51. The topological polar surface area (TPSA) is 37.3 Å². The zero-order valence-electron chi connectivity index (χ0n) is 9.47. The molecule has 2 saturated carbocycles. The Morgan fingerprint density at radius 3 is 2.47 bits per heavy atom. The van der Waals surface area contributed by atoms with Gasteiger partial charge in [-0.2, -0.15) is 0 Å². The number of fused-ring (bicyclic) bond motifs is 2. The Bertz CT molecular complexity index is 440. The van der Waals surface area contributed by atoms with Crippen LogP contribution in [-0.4, -0.2) is 11.1 Å². The van der Waals surface area contributed by atoms with Crippen molar-refractivity contribution in [1.82, 2.24) is 0 Å². The van der Waals surface area contributed by atoms with E-state index >= 15 is 0 Å². The maximum Gasteiger partial charge on any atom is 0.307 e. The molecule has 1 N–H and O–H groups in total. The summed E-state index contributed by atoms with van der Waals surface area (Å²) in [7, 11) is 0. The summed E-state index contributed by atoms with van der Waals surface area (Å²) in [5.41, 5.74) is 1.15. The van der Waals surface area contributed by atoms with E-state index in [1.807, 2.05) is 24.3 Å². The molecule has 1 aromatic carbocycles. The summed E-state index contributed by atoms with van der Waals surface area (Å²) in [5.74, 6) is 0.330. The van der Waals surface area contributed by atoms with E-state index in [0.29, 0.717) is 16.9 Å². The summed E-state index contributed by atoms with van der Waals surface area (Å²) in [4.78, 5) is 11.4. The molecule has 3 heteroatoms. The van der Waals surface area contributed by atoms with E-state index < -0.39 is 5.97 Å². The van der Waals surface area contributed by atoms with E-state index in [1.54, 1.807) is 0 Å². The molecule has 2 bridgehead atoms. The highest BCUT2D eigenvalue weighted by molar-refractivity contribution is 6.30. The van der Waals surface area contributed by atoms with E-state index in [4.69, 9.17) is 11.6 Å². The van der Waals surface area contributed by atoms with Gasteiger partial charge in [0.1, 0.15) is 0 Å². The molecule has 0 unspecified atom stereocenters. The number of carbonyl (C=O) groups is 1. The number of aliphatic carboxylic acids is 1. The van der Waals surface area contributed by atoms with Gasteiger partial charge < -0.3 is 5.11 Å². The Kier molecular flexibility index (Phi) is 2.62. The monoisotopic (exact) mass is 250 g/mol. The molecule has 2 nitrogen and oxygen atoms in total. The van der Waals surface area contributed by atoms with Gasteiger partial charge >= 0.3 is 5.97 Å². The predicted molar refractivity (Wildman–Crippen MR) is 66.1 cm³/mol. The fraction of sp³-hybridized carbons (Fsp3) is 0.500. The van der Waals surface area contributed by atoms with Crippen LogP contribution in [0.5, 0.6) is 0 Å². The summed E-state index contributed by atoms with van der Waals surface area (Å²) < 4.78 is 0. The highest BCUT2D eigenvalue weighted by Crippen LogP contribution is 2.56. The third-order valence-electron chi connectivity index (χ3n) is 4.46. The van der Waals surface area contributed by atoms with Crippen molar-refractivity contribution in [3.63, 3.8) is 0 Å². The molecule has 0 aromatic heterocycles. The standard InChI is InChI=1S/C14H15ClO2/c15-11-5-3-8(4-6-11)12-9-1-2-10(7-9)13(12)14(16)17/h3-6,9-10,12-13H,1-2,7H2,(H,16,17)/t9-,10+,12+,13-/m0/s1. The Labute approximate surface area is 106 Å². The van der Waals surface area contributed by atoms with Crippen molar-refractivity contribution >= 4 is 17.6 Å². The van der Waals surface area contributed by atoms with Crippen LogP contribution < -0.4 is 0 Å². The maximum absolute atomic E-state index is 11.4. The van der Waals surface area contributed by atoms with E-state index in [1.165, 1.54) is 6.42 Å². The van der Waals surface area contributed by atoms with Gasteiger partial charge in [-0.3, -0.25) is 4.79 Å². The number of hydrogen-bond donors (Lipinski definition) is 1. The van der Waals surface area contributed by atoms with Gasteiger partial charge in [0.25, 0.3) is 0 Å². The summed E-state index contributed by atoms with van der Waals surface area (Å²) in [6.45, 7) is 0. The fourth-order valence-corrected chi connectivity index (χ4v) is 3.94. The molecule has 17 heavy (non-hydrogen) atoms. The van der Waals surface area contributed by atoms with Crippen molar-refractivity contribution in [3.05, 3.63) is 34.9 Å². The number of halogens is 1. The number of rotatable bonds is 2. The Morgan fingerprint density at radius 1 is 1.18 bits per heavy atom. The lowest BCUT2D eigenvalue weighted by Gasteiger charge is -2.28. The van der Waals surface area contributed by atoms with Crippen LogP contribution in [0.1, 0.15) is 30.7 Å². The lowest BCUT2D eigenvalue weighted by atomic mass is 9.75. The van der Waals surface area contributed by atoms with Gasteiger partial charge in [0.2, 0.25) is 0 Å². The minimum atomic E-state index is -0.628. The minimum Gasteiger partial charge on any atom is -0.481 e. The van der Waals surface area contributed by atoms with Crippen LogP contribution in [-0.2, 0) is 4.79 Å². The van der Waals surface area contributed by atoms with Gasteiger partial charge in [0, 0.05) is 10.9 Å². The molecule has 0 aliphatic heterocycles. The van der Waals surface area contributed by atoms with Crippen molar-refractivity contribution in [2.24, 2.45) is 17.8 Å².